The summed E-state index contributed by atoms with van der Waals surface area (Å²) >= 11 is 6.79. The lowest BCUT2D eigenvalue weighted by Crippen LogP contribution is -2.13. The average molecular weight is 475 g/mol. The van der Waals surface area contributed by atoms with Crippen molar-refractivity contribution in [3.63, 3.8) is 0 Å². The summed E-state index contributed by atoms with van der Waals surface area (Å²) in [5.74, 6) is 2.46. The molecular formula is C32H39ClO. The van der Waals surface area contributed by atoms with Crippen LogP contribution in [0, 0.1) is 5.92 Å². The van der Waals surface area contributed by atoms with Crippen molar-refractivity contribution in [2.45, 2.75) is 77.0 Å². The highest BCUT2D eigenvalue weighted by molar-refractivity contribution is 6.34. The minimum Gasteiger partial charge on any atom is -0.497 e. The van der Waals surface area contributed by atoms with Crippen LogP contribution in [0.1, 0.15) is 82.6 Å². The minimum atomic E-state index is 0.666. The molecule has 0 amide bonds. The summed E-state index contributed by atoms with van der Waals surface area (Å²) in [6, 6.07) is 23.6. The van der Waals surface area contributed by atoms with Crippen molar-refractivity contribution in [1.82, 2.24) is 0 Å². The van der Waals surface area contributed by atoms with Gasteiger partial charge in [-0.3, -0.25) is 0 Å². The van der Waals surface area contributed by atoms with Gasteiger partial charge in [0.2, 0.25) is 0 Å². The lowest BCUT2D eigenvalue weighted by molar-refractivity contribution is 0.302. The van der Waals surface area contributed by atoms with Gasteiger partial charge in [0.05, 0.1) is 7.11 Å². The zero-order valence-corrected chi connectivity index (χ0v) is 21.6. The van der Waals surface area contributed by atoms with E-state index in [9.17, 15) is 0 Å². The maximum Gasteiger partial charge on any atom is 0.119 e. The third-order valence-corrected chi connectivity index (χ3v) is 7.92. The number of ether oxygens (including phenoxy) is 1. The molecule has 0 heterocycles. The first-order valence-electron chi connectivity index (χ1n) is 13.2. The molecule has 3 aromatic rings. The van der Waals surface area contributed by atoms with E-state index in [-0.39, 0.29) is 0 Å². The zero-order chi connectivity index (χ0) is 23.8. The Kier molecular flexibility index (Phi) is 9.11. The third kappa shape index (κ3) is 6.25. The highest BCUT2D eigenvalue weighted by Gasteiger charge is 2.23. The predicted molar refractivity (Wildman–Crippen MR) is 147 cm³/mol. The predicted octanol–water partition coefficient (Wildman–Crippen LogP) is 10.3. The summed E-state index contributed by atoms with van der Waals surface area (Å²) in [5.41, 5.74) is 6.06. The van der Waals surface area contributed by atoms with Gasteiger partial charge in [-0.25, -0.2) is 0 Å². The second kappa shape index (κ2) is 12.5. The van der Waals surface area contributed by atoms with Crippen LogP contribution < -0.4 is 4.74 Å². The van der Waals surface area contributed by atoms with Crippen LogP contribution in [0.15, 0.2) is 66.7 Å². The number of halogens is 1. The molecule has 0 bridgehead atoms. The maximum absolute atomic E-state index is 6.79. The number of rotatable bonds is 10. The van der Waals surface area contributed by atoms with Gasteiger partial charge in [-0.15, -0.1) is 0 Å². The lowest BCUT2D eigenvalue weighted by atomic mass is 9.76. The van der Waals surface area contributed by atoms with Crippen LogP contribution in [0.3, 0.4) is 0 Å². The van der Waals surface area contributed by atoms with Crippen LogP contribution in [0.2, 0.25) is 5.02 Å². The summed E-state index contributed by atoms with van der Waals surface area (Å²) in [6.07, 6.45) is 13.8. The Morgan fingerprint density at radius 2 is 1.53 bits per heavy atom. The molecule has 1 fully saturated rings. The molecular weight excluding hydrogens is 436 g/mol. The van der Waals surface area contributed by atoms with Crippen LogP contribution in [-0.2, 0) is 0 Å². The standard InChI is InChI=1S/C32H39ClO/c1-3-4-5-6-7-11-24-18-20-25(21-19-24)26-12-8-14-28(22-26)32-30(16-10-17-31(32)33)27-13-9-15-29(23-27)34-2/h8-10,12-17,22-25H,3-7,11,18-21H2,1-2H3. The zero-order valence-electron chi connectivity index (χ0n) is 20.9. The van der Waals surface area contributed by atoms with E-state index in [0.29, 0.717) is 5.92 Å². The number of methoxy groups -OCH3 is 1. The topological polar surface area (TPSA) is 9.23 Å². The fraction of sp³-hybridized carbons (Fsp3) is 0.438. The number of hydrogen-bond donors (Lipinski definition) is 0. The van der Waals surface area contributed by atoms with Gasteiger partial charge < -0.3 is 4.74 Å². The van der Waals surface area contributed by atoms with Gasteiger partial charge in [0.25, 0.3) is 0 Å². The van der Waals surface area contributed by atoms with Gasteiger partial charge >= 0.3 is 0 Å². The Morgan fingerprint density at radius 1 is 0.794 bits per heavy atom. The molecule has 1 saturated carbocycles. The summed E-state index contributed by atoms with van der Waals surface area (Å²) in [5, 5.41) is 0.796. The van der Waals surface area contributed by atoms with Gasteiger partial charge in [0.15, 0.2) is 0 Å². The van der Waals surface area contributed by atoms with Gasteiger partial charge in [0.1, 0.15) is 5.75 Å². The van der Waals surface area contributed by atoms with Crippen molar-refractivity contribution in [3.8, 4) is 28.0 Å². The normalized spacial score (nSPS) is 18.1. The van der Waals surface area contributed by atoms with Crippen LogP contribution >= 0.6 is 11.6 Å². The molecule has 0 radical (unpaired) electrons. The van der Waals surface area contributed by atoms with Crippen LogP contribution in [0.4, 0.5) is 0 Å². The summed E-state index contributed by atoms with van der Waals surface area (Å²) in [6.45, 7) is 2.29. The van der Waals surface area contributed by atoms with E-state index in [0.717, 1.165) is 33.4 Å². The van der Waals surface area contributed by atoms with Crippen molar-refractivity contribution in [2.75, 3.05) is 7.11 Å². The van der Waals surface area contributed by atoms with Crippen LogP contribution in [0.25, 0.3) is 22.3 Å². The van der Waals surface area contributed by atoms with Crippen LogP contribution in [-0.4, -0.2) is 7.11 Å². The molecule has 1 nitrogen and oxygen atoms in total. The van der Waals surface area contributed by atoms with Crippen molar-refractivity contribution in [2.24, 2.45) is 5.92 Å². The van der Waals surface area contributed by atoms with Gasteiger partial charge in [-0.05, 0) is 78.0 Å². The highest BCUT2D eigenvalue weighted by Crippen LogP contribution is 2.42. The molecule has 0 spiro atoms. The van der Waals surface area contributed by atoms with E-state index in [4.69, 9.17) is 16.3 Å². The largest absolute Gasteiger partial charge is 0.497 e. The molecule has 1 aliphatic carbocycles. The van der Waals surface area contributed by atoms with E-state index < -0.39 is 0 Å². The number of benzene rings is 3. The molecule has 1 aliphatic rings. The minimum absolute atomic E-state index is 0.666. The second-order valence-electron chi connectivity index (χ2n) is 9.94. The Labute approximate surface area is 211 Å². The van der Waals surface area contributed by atoms with Crippen LogP contribution in [0.5, 0.6) is 5.75 Å². The molecule has 0 unspecified atom stereocenters. The highest BCUT2D eigenvalue weighted by atomic mass is 35.5. The third-order valence-electron chi connectivity index (χ3n) is 7.60. The van der Waals surface area contributed by atoms with E-state index in [1.165, 1.54) is 75.3 Å². The molecule has 34 heavy (non-hydrogen) atoms. The van der Waals surface area contributed by atoms with Gasteiger partial charge in [-0.2, -0.15) is 0 Å². The molecule has 4 rings (SSSR count). The van der Waals surface area contributed by atoms with Crippen molar-refractivity contribution in [1.29, 1.82) is 0 Å². The lowest BCUT2D eigenvalue weighted by Gasteiger charge is -2.29. The van der Waals surface area contributed by atoms with E-state index >= 15 is 0 Å². The fourth-order valence-corrected chi connectivity index (χ4v) is 5.90. The Bertz CT molecular complexity index is 1050. The molecule has 0 saturated heterocycles. The Hall–Kier alpha value is -2.25. The molecule has 2 heteroatoms. The number of hydrogen-bond acceptors (Lipinski definition) is 1. The summed E-state index contributed by atoms with van der Waals surface area (Å²) < 4.78 is 5.47. The monoisotopic (exact) mass is 474 g/mol. The Morgan fingerprint density at radius 3 is 2.32 bits per heavy atom. The van der Waals surface area contributed by atoms with Gasteiger partial charge in [0, 0.05) is 10.6 Å². The SMILES string of the molecule is CCCCCCCC1CCC(c2cccc(-c3c(Cl)cccc3-c3cccc(OC)c3)c2)CC1. The smallest absolute Gasteiger partial charge is 0.119 e. The molecule has 0 aliphatic heterocycles. The van der Waals surface area contributed by atoms with E-state index in [2.05, 4.69) is 49.4 Å². The average Bonchev–Trinajstić information content (AvgIpc) is 2.89. The molecule has 180 valence electrons. The van der Waals surface area contributed by atoms with E-state index in [1.54, 1.807) is 7.11 Å². The number of unbranched alkanes of at least 4 members (excludes halogenated alkanes) is 4. The Balaban J connectivity index is 1.49. The second-order valence-corrected chi connectivity index (χ2v) is 10.3. The van der Waals surface area contributed by atoms with Gasteiger partial charge in [-0.1, -0.05) is 106 Å². The molecule has 0 aromatic heterocycles. The summed E-state index contributed by atoms with van der Waals surface area (Å²) in [4.78, 5) is 0. The first-order chi connectivity index (χ1) is 16.7. The first kappa shape index (κ1) is 24.9. The van der Waals surface area contributed by atoms with Crippen molar-refractivity contribution >= 4 is 11.6 Å². The first-order valence-corrected chi connectivity index (χ1v) is 13.6. The van der Waals surface area contributed by atoms with Crippen molar-refractivity contribution in [3.05, 3.63) is 77.3 Å². The molecule has 0 atom stereocenters. The quantitative estimate of drug-likeness (QED) is 0.265. The maximum atomic E-state index is 6.79. The summed E-state index contributed by atoms with van der Waals surface area (Å²) in [7, 11) is 1.71. The fourth-order valence-electron chi connectivity index (χ4n) is 5.62. The molecule has 0 N–H and O–H groups in total. The van der Waals surface area contributed by atoms with Crippen molar-refractivity contribution < 1.29 is 4.74 Å². The molecule has 3 aromatic carbocycles. The van der Waals surface area contributed by atoms with E-state index in [1.807, 2.05) is 24.3 Å².